The van der Waals surface area contributed by atoms with Gasteiger partial charge in [-0.1, -0.05) is 25.4 Å². The zero-order valence-electron chi connectivity index (χ0n) is 11.3. The van der Waals surface area contributed by atoms with Crippen molar-refractivity contribution < 1.29 is 0 Å². The number of aromatic nitrogens is 3. The van der Waals surface area contributed by atoms with Crippen LogP contribution < -0.4 is 5.32 Å². The lowest BCUT2D eigenvalue weighted by atomic mass is 10.1. The van der Waals surface area contributed by atoms with Crippen molar-refractivity contribution in [3.63, 3.8) is 0 Å². The first-order valence-corrected chi connectivity index (χ1v) is 7.92. The Morgan fingerprint density at radius 1 is 1.42 bits per heavy atom. The first-order chi connectivity index (χ1) is 9.27. The van der Waals surface area contributed by atoms with E-state index >= 15 is 0 Å². The van der Waals surface area contributed by atoms with Crippen molar-refractivity contribution in [2.75, 3.05) is 6.54 Å². The maximum absolute atomic E-state index is 6.32. The predicted molar refractivity (Wildman–Crippen MR) is 79.8 cm³/mol. The Morgan fingerprint density at radius 3 is 2.89 bits per heavy atom. The summed E-state index contributed by atoms with van der Waals surface area (Å²) in [6, 6.07) is 0.0211. The molecule has 0 saturated heterocycles. The van der Waals surface area contributed by atoms with Gasteiger partial charge in [-0.15, -0.1) is 11.3 Å². The van der Waals surface area contributed by atoms with E-state index in [2.05, 4.69) is 34.6 Å². The summed E-state index contributed by atoms with van der Waals surface area (Å²) in [4.78, 5) is 4.42. The van der Waals surface area contributed by atoms with Gasteiger partial charge in [-0.3, -0.25) is 4.68 Å². The minimum Gasteiger partial charge on any atom is -0.304 e. The summed E-state index contributed by atoms with van der Waals surface area (Å²) in [5.41, 5.74) is 3.88. The number of hydrogen-bond donors (Lipinski definition) is 1. The molecule has 0 spiro atoms. The molecule has 0 aliphatic carbocycles. The Balaban J connectivity index is 2.34. The van der Waals surface area contributed by atoms with Crippen LogP contribution in [0.1, 0.15) is 44.1 Å². The fourth-order valence-corrected chi connectivity index (χ4v) is 2.87. The standard InChI is InChI=1S/C13H19ClN4S/c1-3-5-15-12(11-8-19-9-16-11)13-10(14)7-17-18(13)6-4-2/h7-9,12,15H,3-6H2,1-2H3. The molecule has 19 heavy (non-hydrogen) atoms. The largest absolute Gasteiger partial charge is 0.304 e. The number of nitrogens with zero attached hydrogens (tertiary/aromatic N) is 3. The predicted octanol–water partition coefficient (Wildman–Crippen LogP) is 3.49. The van der Waals surface area contributed by atoms with Gasteiger partial charge in [0.1, 0.15) is 0 Å². The van der Waals surface area contributed by atoms with Gasteiger partial charge in [0, 0.05) is 11.9 Å². The third kappa shape index (κ3) is 3.35. The molecule has 4 nitrogen and oxygen atoms in total. The number of hydrogen-bond acceptors (Lipinski definition) is 4. The van der Waals surface area contributed by atoms with Crippen LogP contribution in [0, 0.1) is 0 Å². The molecule has 2 heterocycles. The van der Waals surface area contributed by atoms with Crippen LogP contribution in [0.2, 0.25) is 5.02 Å². The molecule has 0 aromatic carbocycles. The molecule has 0 fully saturated rings. The second-order valence-corrected chi connectivity index (χ2v) is 5.53. The molecule has 1 atom stereocenters. The summed E-state index contributed by atoms with van der Waals surface area (Å²) >= 11 is 7.92. The lowest BCUT2D eigenvalue weighted by Gasteiger charge is -2.18. The molecule has 0 saturated carbocycles. The maximum Gasteiger partial charge on any atom is 0.0945 e. The summed E-state index contributed by atoms with van der Waals surface area (Å²) in [6.45, 7) is 6.08. The highest BCUT2D eigenvalue weighted by Gasteiger charge is 2.22. The van der Waals surface area contributed by atoms with Crippen LogP contribution in [0.15, 0.2) is 17.1 Å². The Hall–Kier alpha value is -0.910. The lowest BCUT2D eigenvalue weighted by Crippen LogP contribution is -2.26. The van der Waals surface area contributed by atoms with Crippen LogP contribution in [0.3, 0.4) is 0 Å². The van der Waals surface area contributed by atoms with Crippen molar-refractivity contribution in [1.82, 2.24) is 20.1 Å². The minimum absolute atomic E-state index is 0.0211. The van der Waals surface area contributed by atoms with Crippen LogP contribution >= 0.6 is 22.9 Å². The summed E-state index contributed by atoms with van der Waals surface area (Å²) in [7, 11) is 0. The molecule has 0 aliphatic heterocycles. The highest BCUT2D eigenvalue weighted by molar-refractivity contribution is 7.07. The van der Waals surface area contributed by atoms with Gasteiger partial charge in [-0.25, -0.2) is 4.98 Å². The number of rotatable bonds is 7. The first-order valence-electron chi connectivity index (χ1n) is 6.60. The smallest absolute Gasteiger partial charge is 0.0945 e. The third-order valence-corrected chi connectivity index (χ3v) is 3.78. The van der Waals surface area contributed by atoms with E-state index in [1.165, 1.54) is 0 Å². The van der Waals surface area contributed by atoms with Crippen molar-refractivity contribution in [3.05, 3.63) is 33.5 Å². The zero-order valence-corrected chi connectivity index (χ0v) is 12.8. The monoisotopic (exact) mass is 298 g/mol. The van der Waals surface area contributed by atoms with Crippen LogP contribution in [0.5, 0.6) is 0 Å². The van der Waals surface area contributed by atoms with E-state index in [1.807, 2.05) is 10.2 Å². The van der Waals surface area contributed by atoms with Gasteiger partial charge in [0.25, 0.3) is 0 Å². The van der Waals surface area contributed by atoms with Gasteiger partial charge < -0.3 is 5.32 Å². The van der Waals surface area contributed by atoms with Crippen LogP contribution in [-0.2, 0) is 6.54 Å². The molecule has 104 valence electrons. The normalized spacial score (nSPS) is 12.8. The number of halogens is 1. The van der Waals surface area contributed by atoms with Crippen molar-refractivity contribution >= 4 is 22.9 Å². The van der Waals surface area contributed by atoms with E-state index in [1.54, 1.807) is 17.5 Å². The SMILES string of the molecule is CCCNC(c1cscn1)c1c(Cl)cnn1CCC. The molecule has 2 aromatic rings. The first kappa shape index (κ1) is 14.5. The molecule has 2 rings (SSSR count). The van der Waals surface area contributed by atoms with Crippen LogP contribution in [-0.4, -0.2) is 21.3 Å². The van der Waals surface area contributed by atoms with E-state index < -0.39 is 0 Å². The Labute approximate surface area is 122 Å². The molecule has 0 bridgehead atoms. The molecular weight excluding hydrogens is 280 g/mol. The Kier molecular flexibility index (Phi) is 5.36. The summed E-state index contributed by atoms with van der Waals surface area (Å²) < 4.78 is 1.98. The molecule has 6 heteroatoms. The highest BCUT2D eigenvalue weighted by atomic mass is 35.5. The van der Waals surface area contributed by atoms with Crippen LogP contribution in [0.4, 0.5) is 0 Å². The van der Waals surface area contributed by atoms with E-state index in [9.17, 15) is 0 Å². The molecule has 2 aromatic heterocycles. The number of thiazole rings is 1. The Morgan fingerprint density at radius 2 is 2.26 bits per heavy atom. The molecule has 1 unspecified atom stereocenters. The molecular formula is C13H19ClN4S. The molecule has 0 radical (unpaired) electrons. The second-order valence-electron chi connectivity index (χ2n) is 4.40. The fourth-order valence-electron chi connectivity index (χ4n) is 2.04. The van der Waals surface area contributed by atoms with Gasteiger partial charge in [0.05, 0.1) is 34.2 Å². The number of nitrogens with one attached hydrogen (secondary N) is 1. The van der Waals surface area contributed by atoms with Gasteiger partial charge in [-0.05, 0) is 19.4 Å². The average molecular weight is 299 g/mol. The topological polar surface area (TPSA) is 42.7 Å². The summed E-state index contributed by atoms with van der Waals surface area (Å²) in [5.74, 6) is 0. The quantitative estimate of drug-likeness (QED) is 0.851. The maximum atomic E-state index is 6.32. The van der Waals surface area contributed by atoms with Crippen LogP contribution in [0.25, 0.3) is 0 Å². The minimum atomic E-state index is 0.0211. The van der Waals surface area contributed by atoms with Crippen molar-refractivity contribution in [2.24, 2.45) is 0 Å². The molecule has 1 N–H and O–H groups in total. The van der Waals surface area contributed by atoms with Gasteiger partial charge in [-0.2, -0.15) is 5.10 Å². The van der Waals surface area contributed by atoms with E-state index in [0.29, 0.717) is 5.02 Å². The van der Waals surface area contributed by atoms with Gasteiger partial charge >= 0.3 is 0 Å². The van der Waals surface area contributed by atoms with Crippen molar-refractivity contribution in [3.8, 4) is 0 Å². The van der Waals surface area contributed by atoms with E-state index in [-0.39, 0.29) is 6.04 Å². The Bertz CT molecular complexity index is 495. The third-order valence-electron chi connectivity index (χ3n) is 2.89. The average Bonchev–Trinajstić information content (AvgIpc) is 3.03. The van der Waals surface area contributed by atoms with Gasteiger partial charge in [0.2, 0.25) is 0 Å². The molecule has 0 amide bonds. The van der Waals surface area contributed by atoms with E-state index in [0.717, 1.165) is 37.3 Å². The lowest BCUT2D eigenvalue weighted by molar-refractivity contribution is 0.507. The number of aryl methyl sites for hydroxylation is 1. The second kappa shape index (κ2) is 7.03. The summed E-state index contributed by atoms with van der Waals surface area (Å²) in [5, 5.41) is 10.6. The zero-order chi connectivity index (χ0) is 13.7. The molecule has 0 aliphatic rings. The van der Waals surface area contributed by atoms with Crippen molar-refractivity contribution in [1.29, 1.82) is 0 Å². The van der Waals surface area contributed by atoms with E-state index in [4.69, 9.17) is 11.6 Å². The fraction of sp³-hybridized carbons (Fsp3) is 0.538. The summed E-state index contributed by atoms with van der Waals surface area (Å²) in [6.07, 6.45) is 3.82. The van der Waals surface area contributed by atoms with Gasteiger partial charge in [0.15, 0.2) is 0 Å². The van der Waals surface area contributed by atoms with Crippen molar-refractivity contribution in [2.45, 2.75) is 39.3 Å². The highest BCUT2D eigenvalue weighted by Crippen LogP contribution is 2.28.